The predicted molar refractivity (Wildman–Crippen MR) is 102 cm³/mol. The zero-order valence-corrected chi connectivity index (χ0v) is 15.0. The predicted octanol–water partition coefficient (Wildman–Crippen LogP) is 5.68. The van der Waals surface area contributed by atoms with E-state index in [9.17, 15) is 0 Å². The molecule has 0 amide bonds. The van der Waals surface area contributed by atoms with Gasteiger partial charge in [-0.15, -0.1) is 22.7 Å². The van der Waals surface area contributed by atoms with Gasteiger partial charge in [0, 0.05) is 22.5 Å². The molecule has 0 atom stereocenters. The van der Waals surface area contributed by atoms with Crippen molar-refractivity contribution in [3.05, 3.63) is 53.1 Å². The summed E-state index contributed by atoms with van der Waals surface area (Å²) in [5.74, 6) is 1.34. The van der Waals surface area contributed by atoms with Crippen LogP contribution >= 0.6 is 22.7 Å². The molecule has 0 unspecified atom stereocenters. The molecule has 1 aromatic carbocycles. The fourth-order valence-corrected chi connectivity index (χ4v) is 4.06. The minimum Gasteiger partial charge on any atom is -0.316 e. The van der Waals surface area contributed by atoms with Gasteiger partial charge in [-0.25, -0.2) is 15.0 Å². The van der Waals surface area contributed by atoms with Crippen LogP contribution in [0.5, 0.6) is 0 Å². The number of thiophene rings is 1. The van der Waals surface area contributed by atoms with Crippen LogP contribution in [0, 0.1) is 0 Å². The normalized spacial score (nSPS) is 11.3. The third-order valence-electron chi connectivity index (χ3n) is 3.92. The lowest BCUT2D eigenvalue weighted by molar-refractivity contribution is 0.867. The van der Waals surface area contributed by atoms with Crippen molar-refractivity contribution in [1.82, 2.24) is 15.0 Å². The first-order valence-corrected chi connectivity index (χ1v) is 9.47. The third kappa shape index (κ3) is 2.79. The molecule has 120 valence electrons. The second-order valence-corrected chi connectivity index (χ2v) is 7.54. The van der Waals surface area contributed by atoms with E-state index in [1.807, 2.05) is 5.38 Å². The first kappa shape index (κ1) is 15.2. The molecule has 0 spiro atoms. The Bertz CT molecular complexity index is 957. The number of thiazole rings is 1. The van der Waals surface area contributed by atoms with Crippen LogP contribution in [-0.2, 0) is 0 Å². The van der Waals surface area contributed by atoms with Crippen molar-refractivity contribution in [2.45, 2.75) is 19.8 Å². The second kappa shape index (κ2) is 6.30. The van der Waals surface area contributed by atoms with E-state index in [1.165, 1.54) is 11.1 Å². The lowest BCUT2D eigenvalue weighted by atomic mass is 9.99. The van der Waals surface area contributed by atoms with Crippen molar-refractivity contribution in [1.29, 1.82) is 0 Å². The number of anilines is 2. The highest BCUT2D eigenvalue weighted by molar-refractivity contribution is 7.17. The Morgan fingerprint density at radius 1 is 1.00 bits per heavy atom. The van der Waals surface area contributed by atoms with Gasteiger partial charge in [-0.1, -0.05) is 38.1 Å². The molecule has 4 nitrogen and oxygen atoms in total. The molecule has 1 N–H and O–H groups in total. The average molecular weight is 352 g/mol. The van der Waals surface area contributed by atoms with Crippen molar-refractivity contribution < 1.29 is 0 Å². The molecule has 0 aliphatic rings. The van der Waals surface area contributed by atoms with E-state index in [0.717, 1.165) is 26.7 Å². The molecule has 4 aromatic rings. The van der Waals surface area contributed by atoms with Gasteiger partial charge in [0.15, 0.2) is 5.13 Å². The van der Waals surface area contributed by atoms with Gasteiger partial charge >= 0.3 is 0 Å². The van der Waals surface area contributed by atoms with E-state index < -0.39 is 0 Å². The van der Waals surface area contributed by atoms with Gasteiger partial charge in [-0.2, -0.15) is 0 Å². The van der Waals surface area contributed by atoms with Gasteiger partial charge in [0.1, 0.15) is 17.0 Å². The van der Waals surface area contributed by atoms with Crippen molar-refractivity contribution in [3.8, 4) is 11.1 Å². The molecule has 0 radical (unpaired) electrons. The van der Waals surface area contributed by atoms with Gasteiger partial charge in [-0.3, -0.25) is 0 Å². The molecule has 3 aromatic heterocycles. The summed E-state index contributed by atoms with van der Waals surface area (Å²) in [6, 6.07) is 8.75. The van der Waals surface area contributed by atoms with Gasteiger partial charge in [0.25, 0.3) is 0 Å². The quantitative estimate of drug-likeness (QED) is 0.513. The van der Waals surface area contributed by atoms with E-state index in [-0.39, 0.29) is 0 Å². The molecule has 0 aliphatic carbocycles. The summed E-state index contributed by atoms with van der Waals surface area (Å²) in [7, 11) is 0. The standard InChI is InChI=1S/C18H16N4S2/c1-11(2)12-3-5-13(6-4-12)14-9-24-17-15(14)16(20-10-21-17)22-18-19-7-8-23-18/h3-11H,1-2H3,(H,19,20,21,22). The van der Waals surface area contributed by atoms with Crippen LogP contribution in [0.1, 0.15) is 25.3 Å². The van der Waals surface area contributed by atoms with Gasteiger partial charge < -0.3 is 5.32 Å². The van der Waals surface area contributed by atoms with Crippen molar-refractivity contribution in [2.24, 2.45) is 0 Å². The molecule has 0 aliphatic heterocycles. The molecule has 6 heteroatoms. The van der Waals surface area contributed by atoms with E-state index in [0.29, 0.717) is 5.92 Å². The summed E-state index contributed by atoms with van der Waals surface area (Å²) in [5.41, 5.74) is 3.68. The highest BCUT2D eigenvalue weighted by atomic mass is 32.1. The topological polar surface area (TPSA) is 50.7 Å². The highest BCUT2D eigenvalue weighted by Gasteiger charge is 2.14. The molecular formula is C18H16N4S2. The number of nitrogens with zero attached hydrogens (tertiary/aromatic N) is 3. The lowest BCUT2D eigenvalue weighted by Crippen LogP contribution is -1.95. The third-order valence-corrected chi connectivity index (χ3v) is 5.49. The van der Waals surface area contributed by atoms with Crippen LogP contribution in [0.15, 0.2) is 47.5 Å². The van der Waals surface area contributed by atoms with Crippen molar-refractivity contribution >= 4 is 43.8 Å². The zero-order valence-electron chi connectivity index (χ0n) is 13.4. The van der Waals surface area contributed by atoms with Gasteiger partial charge in [0.05, 0.1) is 5.39 Å². The minimum atomic E-state index is 0.531. The van der Waals surface area contributed by atoms with Crippen LogP contribution in [0.2, 0.25) is 0 Å². The number of fused-ring (bicyclic) bond motifs is 1. The average Bonchev–Trinajstić information content (AvgIpc) is 3.25. The lowest BCUT2D eigenvalue weighted by Gasteiger charge is -2.08. The van der Waals surface area contributed by atoms with Crippen LogP contribution in [-0.4, -0.2) is 15.0 Å². The Labute approximate surface area is 148 Å². The van der Waals surface area contributed by atoms with Gasteiger partial charge in [-0.05, 0) is 17.0 Å². The highest BCUT2D eigenvalue weighted by Crippen LogP contribution is 2.37. The van der Waals surface area contributed by atoms with E-state index in [1.54, 1.807) is 35.2 Å². The maximum Gasteiger partial charge on any atom is 0.188 e. The fourth-order valence-electron chi connectivity index (χ4n) is 2.62. The Morgan fingerprint density at radius 2 is 1.83 bits per heavy atom. The van der Waals surface area contributed by atoms with Gasteiger partial charge in [0.2, 0.25) is 0 Å². The second-order valence-electron chi connectivity index (χ2n) is 5.79. The van der Waals surface area contributed by atoms with E-state index >= 15 is 0 Å². The Hall–Kier alpha value is -2.31. The SMILES string of the molecule is CC(C)c1ccc(-c2csc3ncnc(Nc4nccs4)c23)cc1. The number of benzene rings is 1. The van der Waals surface area contributed by atoms with Crippen LogP contribution in [0.25, 0.3) is 21.3 Å². The molecule has 24 heavy (non-hydrogen) atoms. The number of nitrogens with one attached hydrogen (secondary N) is 1. The summed E-state index contributed by atoms with van der Waals surface area (Å²) in [6.45, 7) is 4.41. The summed E-state index contributed by atoms with van der Waals surface area (Å²) in [6.07, 6.45) is 3.38. The minimum absolute atomic E-state index is 0.531. The maximum atomic E-state index is 4.44. The summed E-state index contributed by atoms with van der Waals surface area (Å²) in [5, 5.41) is 9.30. The molecule has 3 heterocycles. The molecule has 0 saturated carbocycles. The summed E-state index contributed by atoms with van der Waals surface area (Å²) >= 11 is 3.19. The summed E-state index contributed by atoms with van der Waals surface area (Å²) in [4.78, 5) is 14.1. The molecule has 0 bridgehead atoms. The van der Waals surface area contributed by atoms with Crippen LogP contribution in [0.4, 0.5) is 10.9 Å². The summed E-state index contributed by atoms with van der Waals surface area (Å²) < 4.78 is 0. The fraction of sp³-hybridized carbons (Fsp3) is 0.167. The molecule has 0 fully saturated rings. The van der Waals surface area contributed by atoms with Crippen LogP contribution < -0.4 is 5.32 Å². The molecule has 4 rings (SSSR count). The largest absolute Gasteiger partial charge is 0.316 e. The molecule has 0 saturated heterocycles. The number of rotatable bonds is 4. The number of hydrogen-bond donors (Lipinski definition) is 1. The van der Waals surface area contributed by atoms with E-state index in [4.69, 9.17) is 0 Å². The Kier molecular flexibility index (Phi) is 4.00. The zero-order chi connectivity index (χ0) is 16.5. The number of aromatic nitrogens is 3. The molecular weight excluding hydrogens is 336 g/mol. The van der Waals surface area contributed by atoms with E-state index in [2.05, 4.69) is 63.8 Å². The van der Waals surface area contributed by atoms with Crippen molar-refractivity contribution in [3.63, 3.8) is 0 Å². The smallest absolute Gasteiger partial charge is 0.188 e. The monoisotopic (exact) mass is 352 g/mol. The maximum absolute atomic E-state index is 4.44. The van der Waals surface area contributed by atoms with Crippen LogP contribution in [0.3, 0.4) is 0 Å². The first-order chi connectivity index (χ1) is 11.7. The Morgan fingerprint density at radius 3 is 2.54 bits per heavy atom. The Balaban J connectivity index is 1.81. The van der Waals surface area contributed by atoms with Crippen molar-refractivity contribution in [2.75, 3.05) is 5.32 Å². The first-order valence-electron chi connectivity index (χ1n) is 7.71. The number of hydrogen-bond acceptors (Lipinski definition) is 6.